The molecular formula is C23H20F3N11O2. The number of hydrogen-bond donors (Lipinski definition) is 4. The number of urea groups is 1. The molecule has 5 N–H and O–H groups in total. The van der Waals surface area contributed by atoms with Crippen LogP contribution in [0.2, 0.25) is 0 Å². The first kappa shape index (κ1) is 23.4. The molecule has 39 heavy (non-hydrogen) atoms. The van der Waals surface area contributed by atoms with Crippen molar-refractivity contribution in [2.45, 2.75) is 30.5 Å². The minimum Gasteiger partial charge on any atom is -0.383 e. The quantitative estimate of drug-likeness (QED) is 0.262. The van der Waals surface area contributed by atoms with Crippen LogP contribution in [0.1, 0.15) is 24.6 Å². The number of carbonyl (C=O) groups excluding carboxylic acids is 1. The maximum absolute atomic E-state index is 13.4. The summed E-state index contributed by atoms with van der Waals surface area (Å²) in [7, 11) is 0. The Morgan fingerprint density at radius 1 is 1.15 bits per heavy atom. The zero-order chi connectivity index (χ0) is 26.9. The van der Waals surface area contributed by atoms with Crippen molar-refractivity contribution in [3.05, 3.63) is 42.7 Å². The van der Waals surface area contributed by atoms with Crippen molar-refractivity contribution in [1.82, 2.24) is 39.6 Å². The van der Waals surface area contributed by atoms with Gasteiger partial charge in [-0.05, 0) is 25.0 Å². The molecule has 7 rings (SSSR count). The Hall–Kier alpha value is -4.73. The summed E-state index contributed by atoms with van der Waals surface area (Å²) in [5.74, 6) is -0.168. The van der Waals surface area contributed by atoms with Crippen molar-refractivity contribution in [3.8, 4) is 11.4 Å². The second kappa shape index (κ2) is 8.13. The molecule has 0 atom stereocenters. The molecule has 0 unspecified atom stereocenters. The minimum absolute atomic E-state index is 0.0790. The molecule has 16 heteroatoms. The fourth-order valence-corrected chi connectivity index (χ4v) is 4.80. The van der Waals surface area contributed by atoms with E-state index in [0.717, 1.165) is 19.2 Å². The summed E-state index contributed by atoms with van der Waals surface area (Å²) >= 11 is 0. The van der Waals surface area contributed by atoms with E-state index in [1.165, 1.54) is 6.33 Å². The lowest BCUT2D eigenvalue weighted by molar-refractivity contribution is -0.165. The Morgan fingerprint density at radius 2 is 1.97 bits per heavy atom. The molecular weight excluding hydrogens is 519 g/mol. The van der Waals surface area contributed by atoms with Gasteiger partial charge in [-0.1, -0.05) is 5.16 Å². The van der Waals surface area contributed by atoms with Crippen LogP contribution in [0.15, 0.2) is 41.4 Å². The van der Waals surface area contributed by atoms with Gasteiger partial charge >= 0.3 is 12.2 Å². The average molecular weight is 539 g/mol. The first-order chi connectivity index (χ1) is 18.7. The summed E-state index contributed by atoms with van der Waals surface area (Å²) in [5.41, 5.74) is 6.76. The molecule has 0 radical (unpaired) electrons. The van der Waals surface area contributed by atoms with Gasteiger partial charge in [0.2, 0.25) is 0 Å². The second-order valence-electron chi connectivity index (χ2n) is 9.55. The highest BCUT2D eigenvalue weighted by Gasteiger charge is 2.66. The van der Waals surface area contributed by atoms with Gasteiger partial charge in [-0.2, -0.15) is 18.3 Å². The lowest BCUT2D eigenvalue weighted by atomic mass is 10.0. The number of fused-ring (bicyclic) bond motifs is 2. The number of carbonyl (C=O) groups is 1. The zero-order valence-electron chi connectivity index (χ0n) is 20.0. The fourth-order valence-electron chi connectivity index (χ4n) is 4.80. The van der Waals surface area contributed by atoms with Gasteiger partial charge in [0.15, 0.2) is 22.9 Å². The maximum atomic E-state index is 13.4. The Morgan fingerprint density at radius 3 is 2.69 bits per heavy atom. The molecule has 200 valence electrons. The number of rotatable bonds is 5. The van der Waals surface area contributed by atoms with E-state index in [2.05, 4.69) is 36.1 Å². The first-order valence-electron chi connectivity index (χ1n) is 12.0. The van der Waals surface area contributed by atoms with Crippen LogP contribution in [0, 0.1) is 0 Å². The highest BCUT2D eigenvalue weighted by Crippen LogP contribution is 2.59. The molecule has 1 saturated carbocycles. The number of hydrogen-bond acceptors (Lipinski definition) is 9. The number of pyridine rings is 1. The van der Waals surface area contributed by atoms with Gasteiger partial charge in [0.05, 0.1) is 22.8 Å². The van der Waals surface area contributed by atoms with E-state index in [0.29, 0.717) is 33.8 Å². The summed E-state index contributed by atoms with van der Waals surface area (Å²) in [6.07, 6.45) is 0.0593. The third kappa shape index (κ3) is 3.58. The molecule has 1 aliphatic carbocycles. The Labute approximate surface area is 216 Å². The number of nitrogen functional groups attached to an aromatic ring is 1. The summed E-state index contributed by atoms with van der Waals surface area (Å²) in [4.78, 5) is 25.6. The van der Waals surface area contributed by atoms with Crippen LogP contribution in [-0.4, -0.2) is 59.6 Å². The SMILES string of the molecule is Nc1ncnc2c1c(-c1ccc(NC(=O)Nc3cc(C4(C(F)(F)F)CC4)on3)c3nccn13)nn2C1CNC1. The van der Waals surface area contributed by atoms with Gasteiger partial charge in [-0.25, -0.2) is 24.4 Å². The zero-order valence-corrected chi connectivity index (χ0v) is 20.0. The number of nitrogens with one attached hydrogen (secondary N) is 3. The van der Waals surface area contributed by atoms with Crippen LogP contribution >= 0.6 is 0 Å². The van der Waals surface area contributed by atoms with Crippen LogP contribution < -0.4 is 21.7 Å². The van der Waals surface area contributed by atoms with Crippen molar-refractivity contribution < 1.29 is 22.5 Å². The van der Waals surface area contributed by atoms with Gasteiger partial charge in [0.25, 0.3) is 0 Å². The number of aromatic nitrogens is 7. The smallest absolute Gasteiger partial charge is 0.383 e. The third-order valence-electron chi connectivity index (χ3n) is 7.18. The van der Waals surface area contributed by atoms with E-state index in [4.69, 9.17) is 15.4 Å². The maximum Gasteiger partial charge on any atom is 0.401 e. The van der Waals surface area contributed by atoms with Crippen molar-refractivity contribution in [2.75, 3.05) is 29.5 Å². The van der Waals surface area contributed by atoms with Crippen molar-refractivity contribution in [2.24, 2.45) is 0 Å². The molecule has 2 fully saturated rings. The van der Waals surface area contributed by atoms with Gasteiger partial charge in [-0.3, -0.25) is 9.72 Å². The Kier molecular flexibility index (Phi) is 4.88. The number of halogens is 3. The third-order valence-corrected chi connectivity index (χ3v) is 7.18. The molecule has 5 aromatic heterocycles. The highest BCUT2D eigenvalue weighted by atomic mass is 19.4. The molecule has 6 heterocycles. The van der Waals surface area contributed by atoms with E-state index in [1.54, 1.807) is 28.9 Å². The van der Waals surface area contributed by atoms with Crippen LogP contribution in [0.5, 0.6) is 0 Å². The molecule has 1 saturated heterocycles. The van der Waals surface area contributed by atoms with Gasteiger partial charge < -0.3 is 20.9 Å². The van der Waals surface area contributed by atoms with Gasteiger partial charge in [-0.15, -0.1) is 0 Å². The number of amides is 2. The molecule has 5 aromatic rings. The molecule has 13 nitrogen and oxygen atoms in total. The fraction of sp³-hybridized carbons (Fsp3) is 0.304. The summed E-state index contributed by atoms with van der Waals surface area (Å²) in [6, 6.07) is 3.88. The van der Waals surface area contributed by atoms with Crippen molar-refractivity contribution >= 4 is 40.0 Å². The molecule has 2 amide bonds. The predicted molar refractivity (Wildman–Crippen MR) is 132 cm³/mol. The second-order valence-corrected chi connectivity index (χ2v) is 9.55. The van der Waals surface area contributed by atoms with E-state index < -0.39 is 17.6 Å². The van der Waals surface area contributed by atoms with Gasteiger partial charge in [0, 0.05) is 31.5 Å². The summed E-state index contributed by atoms with van der Waals surface area (Å²) in [6.45, 7) is 1.51. The number of anilines is 3. The minimum atomic E-state index is -4.45. The molecule has 1 aliphatic heterocycles. The monoisotopic (exact) mass is 539 g/mol. The lowest BCUT2D eigenvalue weighted by Gasteiger charge is -2.27. The molecule has 0 spiro atoms. The van der Waals surface area contributed by atoms with Crippen LogP contribution in [0.3, 0.4) is 0 Å². The van der Waals surface area contributed by atoms with Crippen molar-refractivity contribution in [1.29, 1.82) is 0 Å². The van der Waals surface area contributed by atoms with E-state index in [9.17, 15) is 18.0 Å². The average Bonchev–Trinajstić information content (AvgIpc) is 3.17. The van der Waals surface area contributed by atoms with Crippen molar-refractivity contribution in [3.63, 3.8) is 0 Å². The van der Waals surface area contributed by atoms with Crippen LogP contribution in [0.25, 0.3) is 28.1 Å². The standard InChI is InChI=1S/C23H20F3N11O2/c24-23(25,26)22(3-4-22)14-7-15(35-39-14)33-21(38)32-12-1-2-13(36-6-5-29-19(12)36)17-16-18(27)30-10-31-20(16)37(34-17)11-8-28-9-11/h1-2,5-7,10-11,28H,3-4,8-9H2,(H2,27,30,31)(H2,32,33,35,38). The number of nitrogens with two attached hydrogens (primary N) is 1. The Bertz CT molecular complexity index is 1750. The molecule has 2 aliphatic rings. The normalized spacial score (nSPS) is 16.9. The van der Waals surface area contributed by atoms with Crippen LogP contribution in [0.4, 0.5) is 35.3 Å². The predicted octanol–water partition coefficient (Wildman–Crippen LogP) is 3.09. The summed E-state index contributed by atoms with van der Waals surface area (Å²) < 4.78 is 48.6. The van der Waals surface area contributed by atoms with E-state index in [1.807, 2.05) is 4.68 Å². The number of alkyl halides is 3. The highest BCUT2D eigenvalue weighted by molar-refractivity contribution is 6.02. The summed E-state index contributed by atoms with van der Waals surface area (Å²) in [5, 5.41) is 17.3. The largest absolute Gasteiger partial charge is 0.401 e. The van der Waals surface area contributed by atoms with E-state index in [-0.39, 0.29) is 36.3 Å². The Balaban J connectivity index is 1.18. The molecule has 0 aromatic carbocycles. The number of nitrogens with zero attached hydrogens (tertiary/aromatic N) is 7. The first-order valence-corrected chi connectivity index (χ1v) is 12.0. The number of imidazole rings is 1. The van der Waals surface area contributed by atoms with E-state index >= 15 is 0 Å². The van der Waals surface area contributed by atoms with Crippen LogP contribution in [-0.2, 0) is 5.41 Å². The molecule has 0 bridgehead atoms. The lowest BCUT2D eigenvalue weighted by Crippen LogP contribution is -2.43. The van der Waals surface area contributed by atoms with Gasteiger partial charge in [0.1, 0.15) is 23.3 Å². The topological polar surface area (TPSA) is 166 Å².